The van der Waals surface area contributed by atoms with Crippen molar-refractivity contribution in [3.05, 3.63) is 17.0 Å². The second-order valence-corrected chi connectivity index (χ2v) is 4.92. The summed E-state index contributed by atoms with van der Waals surface area (Å²) >= 11 is 6.01. The van der Waals surface area contributed by atoms with Crippen LogP contribution in [0.25, 0.3) is 0 Å². The number of aliphatic hydroxyl groups is 1. The second-order valence-electron chi connectivity index (χ2n) is 4.54. The van der Waals surface area contributed by atoms with E-state index >= 15 is 0 Å². The van der Waals surface area contributed by atoms with Gasteiger partial charge in [0.05, 0.1) is 25.4 Å². The minimum Gasteiger partial charge on any atom is -0.394 e. The zero-order chi connectivity index (χ0) is 13.8. The van der Waals surface area contributed by atoms with Crippen molar-refractivity contribution in [2.45, 2.75) is 25.7 Å². The first kappa shape index (κ1) is 14.5. The van der Waals surface area contributed by atoms with Crippen molar-refractivity contribution in [2.24, 2.45) is 0 Å². The molecule has 2 heterocycles. The van der Waals surface area contributed by atoms with Gasteiger partial charge in [-0.2, -0.15) is 0 Å². The second kappa shape index (κ2) is 6.47. The molecular formula is C12H18ClN3O3. The average Bonchev–Trinajstić information content (AvgIpc) is 2.39. The highest BCUT2D eigenvalue weighted by Gasteiger charge is 2.27. The van der Waals surface area contributed by atoms with Gasteiger partial charge in [-0.3, -0.25) is 0 Å². The molecule has 1 N–H and O–H groups in total. The molecule has 7 heteroatoms. The maximum absolute atomic E-state index is 9.20. The van der Waals surface area contributed by atoms with E-state index in [-0.39, 0.29) is 18.8 Å². The van der Waals surface area contributed by atoms with E-state index in [0.717, 1.165) is 5.82 Å². The minimum absolute atomic E-state index is 0.00698. The number of morpholine rings is 1. The van der Waals surface area contributed by atoms with Crippen LogP contribution in [0.1, 0.15) is 12.7 Å². The molecule has 0 bridgehead atoms. The molecule has 1 aromatic heterocycles. The summed E-state index contributed by atoms with van der Waals surface area (Å²) in [6, 6.07) is 1.89. The van der Waals surface area contributed by atoms with Crippen molar-refractivity contribution in [3.8, 4) is 0 Å². The monoisotopic (exact) mass is 287 g/mol. The van der Waals surface area contributed by atoms with Gasteiger partial charge in [0.15, 0.2) is 5.82 Å². The maximum Gasteiger partial charge on any atom is 0.158 e. The molecule has 0 spiro atoms. The van der Waals surface area contributed by atoms with Gasteiger partial charge in [-0.05, 0) is 6.92 Å². The van der Waals surface area contributed by atoms with Crippen LogP contribution in [0.5, 0.6) is 0 Å². The highest BCUT2D eigenvalue weighted by molar-refractivity contribution is 6.29. The zero-order valence-electron chi connectivity index (χ0n) is 11.0. The lowest BCUT2D eigenvalue weighted by Crippen LogP contribution is -2.50. The van der Waals surface area contributed by atoms with Crippen molar-refractivity contribution >= 4 is 17.4 Å². The van der Waals surface area contributed by atoms with Crippen LogP contribution < -0.4 is 4.90 Å². The minimum atomic E-state index is -0.198. The zero-order valence-corrected chi connectivity index (χ0v) is 11.8. The van der Waals surface area contributed by atoms with Crippen molar-refractivity contribution in [1.29, 1.82) is 0 Å². The van der Waals surface area contributed by atoms with Crippen molar-refractivity contribution < 1.29 is 14.6 Å². The lowest BCUT2D eigenvalue weighted by molar-refractivity contribution is -0.0106. The Morgan fingerprint density at radius 3 is 3.05 bits per heavy atom. The van der Waals surface area contributed by atoms with Gasteiger partial charge in [0.1, 0.15) is 17.6 Å². The van der Waals surface area contributed by atoms with Gasteiger partial charge in [0.25, 0.3) is 0 Å². The highest BCUT2D eigenvalue weighted by atomic mass is 35.5. The quantitative estimate of drug-likeness (QED) is 0.829. The molecule has 0 aromatic carbocycles. The summed E-state index contributed by atoms with van der Waals surface area (Å²) in [6.07, 6.45) is -0.198. The van der Waals surface area contributed by atoms with Crippen molar-refractivity contribution in [2.75, 3.05) is 31.8 Å². The number of ether oxygens (including phenoxy) is 2. The Balaban J connectivity index is 2.23. The van der Waals surface area contributed by atoms with E-state index in [9.17, 15) is 5.11 Å². The number of aliphatic hydroxyl groups excluding tert-OH is 1. The molecule has 2 rings (SSSR count). The largest absolute Gasteiger partial charge is 0.394 e. The molecule has 19 heavy (non-hydrogen) atoms. The normalized spacial score (nSPS) is 23.7. The number of aromatic nitrogens is 2. The van der Waals surface area contributed by atoms with Gasteiger partial charge >= 0.3 is 0 Å². The van der Waals surface area contributed by atoms with Gasteiger partial charge < -0.3 is 19.5 Å². The molecule has 1 aliphatic rings. The van der Waals surface area contributed by atoms with Crippen LogP contribution in [0, 0.1) is 0 Å². The summed E-state index contributed by atoms with van der Waals surface area (Å²) in [5.41, 5.74) is 0. The van der Waals surface area contributed by atoms with E-state index in [0.29, 0.717) is 30.7 Å². The first-order valence-corrected chi connectivity index (χ1v) is 6.53. The van der Waals surface area contributed by atoms with E-state index < -0.39 is 0 Å². The lowest BCUT2D eigenvalue weighted by atomic mass is 10.2. The van der Waals surface area contributed by atoms with Crippen molar-refractivity contribution in [3.63, 3.8) is 0 Å². The van der Waals surface area contributed by atoms with Crippen molar-refractivity contribution in [1.82, 2.24) is 9.97 Å². The molecule has 1 saturated heterocycles. The number of hydrogen-bond donors (Lipinski definition) is 1. The molecule has 106 valence electrons. The van der Waals surface area contributed by atoms with Crippen LogP contribution in [0.2, 0.25) is 5.15 Å². The Kier molecular flexibility index (Phi) is 4.93. The maximum atomic E-state index is 9.20. The third-order valence-electron chi connectivity index (χ3n) is 3.00. The standard InChI is InChI=1S/C12H18ClN3O3/c1-8-6-19-9(5-17)4-16(8)12-3-10(13)14-11(15-12)7-18-2/h3,8-9,17H,4-7H2,1-2H3. The first-order valence-electron chi connectivity index (χ1n) is 6.15. The number of anilines is 1. The van der Waals surface area contributed by atoms with E-state index in [1.165, 1.54) is 0 Å². The van der Waals surface area contributed by atoms with Crippen LogP contribution in [0.15, 0.2) is 6.07 Å². The fraction of sp³-hybridized carbons (Fsp3) is 0.667. The Labute approximate surface area is 117 Å². The average molecular weight is 288 g/mol. The predicted octanol–water partition coefficient (Wildman–Crippen LogP) is 0.862. The SMILES string of the molecule is COCc1nc(Cl)cc(N2CC(CO)OCC2C)n1. The topological polar surface area (TPSA) is 67.7 Å². The van der Waals surface area contributed by atoms with Crippen LogP contribution in [-0.4, -0.2) is 54.1 Å². The van der Waals surface area contributed by atoms with Gasteiger partial charge in [-0.25, -0.2) is 9.97 Å². The van der Waals surface area contributed by atoms with Crippen LogP contribution in [0.4, 0.5) is 5.82 Å². The summed E-state index contributed by atoms with van der Waals surface area (Å²) < 4.78 is 10.5. The Bertz CT molecular complexity index is 433. The fourth-order valence-electron chi connectivity index (χ4n) is 2.04. The predicted molar refractivity (Wildman–Crippen MR) is 71.4 cm³/mol. The molecule has 0 aliphatic carbocycles. The van der Waals surface area contributed by atoms with Gasteiger partial charge in [0, 0.05) is 19.7 Å². The highest BCUT2D eigenvalue weighted by Crippen LogP contribution is 2.22. The molecule has 2 unspecified atom stereocenters. The van der Waals surface area contributed by atoms with E-state index in [4.69, 9.17) is 21.1 Å². The summed E-state index contributed by atoms with van der Waals surface area (Å²) in [7, 11) is 1.59. The van der Waals surface area contributed by atoms with Gasteiger partial charge in [-0.1, -0.05) is 11.6 Å². The van der Waals surface area contributed by atoms with E-state index in [1.54, 1.807) is 13.2 Å². The summed E-state index contributed by atoms with van der Waals surface area (Å²) in [5, 5.41) is 9.59. The van der Waals surface area contributed by atoms with Gasteiger partial charge in [0.2, 0.25) is 0 Å². The number of rotatable bonds is 4. The molecule has 0 amide bonds. The van der Waals surface area contributed by atoms with E-state index in [2.05, 4.69) is 14.9 Å². The van der Waals surface area contributed by atoms with Gasteiger partial charge in [-0.15, -0.1) is 0 Å². The number of halogens is 1. The Hall–Kier alpha value is -0.950. The third kappa shape index (κ3) is 3.54. The Morgan fingerprint density at radius 2 is 2.37 bits per heavy atom. The first-order chi connectivity index (χ1) is 9.13. The molecule has 1 fully saturated rings. The molecule has 1 aliphatic heterocycles. The number of nitrogens with zero attached hydrogens (tertiary/aromatic N) is 3. The van der Waals surface area contributed by atoms with Crippen LogP contribution in [-0.2, 0) is 16.1 Å². The summed E-state index contributed by atoms with van der Waals surface area (Å²) in [5.74, 6) is 1.28. The number of methoxy groups -OCH3 is 1. The summed E-state index contributed by atoms with van der Waals surface area (Å²) in [6.45, 7) is 3.48. The van der Waals surface area contributed by atoms with Crippen LogP contribution >= 0.6 is 11.6 Å². The molecule has 2 atom stereocenters. The molecule has 0 radical (unpaired) electrons. The third-order valence-corrected chi connectivity index (χ3v) is 3.20. The van der Waals surface area contributed by atoms with Crippen LogP contribution in [0.3, 0.4) is 0 Å². The Morgan fingerprint density at radius 1 is 1.58 bits per heavy atom. The molecular weight excluding hydrogens is 270 g/mol. The molecule has 1 aromatic rings. The van der Waals surface area contributed by atoms with E-state index in [1.807, 2.05) is 6.92 Å². The summed E-state index contributed by atoms with van der Waals surface area (Å²) in [4.78, 5) is 10.6. The molecule has 0 saturated carbocycles. The number of hydrogen-bond acceptors (Lipinski definition) is 6. The lowest BCUT2D eigenvalue weighted by Gasteiger charge is -2.38. The fourth-order valence-corrected chi connectivity index (χ4v) is 2.23. The smallest absolute Gasteiger partial charge is 0.158 e. The molecule has 6 nitrogen and oxygen atoms in total.